The van der Waals surface area contributed by atoms with E-state index in [1.54, 1.807) is 47.0 Å². The van der Waals surface area contributed by atoms with Gasteiger partial charge in [0.2, 0.25) is 0 Å². The molecular weight excluding hydrogens is 441 g/mol. The summed E-state index contributed by atoms with van der Waals surface area (Å²) in [7, 11) is -3.37. The summed E-state index contributed by atoms with van der Waals surface area (Å²) in [6.07, 6.45) is -2.93. The average molecular weight is 460 g/mol. The number of para-hydroxylation sites is 1. The lowest BCUT2D eigenvalue weighted by molar-refractivity contribution is -0.136. The second-order valence-electron chi connectivity index (χ2n) is 7.23. The minimum absolute atomic E-state index is 0.0882. The molecule has 0 saturated carbocycles. The average Bonchev–Trinajstić information content (AvgIpc) is 3.12. The monoisotopic (exact) mass is 460 g/mol. The normalized spacial score (nSPS) is 12.3. The van der Waals surface area contributed by atoms with Gasteiger partial charge in [0, 0.05) is 18.4 Å². The number of nitrogens with zero attached hydrogens (tertiary/aromatic N) is 2. The Labute approximate surface area is 183 Å². The Balaban J connectivity index is 1.71. The van der Waals surface area contributed by atoms with Crippen molar-refractivity contribution in [3.8, 4) is 17.2 Å². The molecule has 0 atom stereocenters. The molecule has 4 aromatic rings. The quantitative estimate of drug-likeness (QED) is 0.378. The number of ether oxygens (including phenoxy) is 1. The second-order valence-corrected chi connectivity index (χ2v) is 9.25. The van der Waals surface area contributed by atoms with Crippen LogP contribution in [0, 0.1) is 0 Å². The Morgan fingerprint density at radius 2 is 1.66 bits per heavy atom. The van der Waals surface area contributed by atoms with E-state index in [0.29, 0.717) is 34.9 Å². The smallest absolute Gasteiger partial charge is 0.418 e. The summed E-state index contributed by atoms with van der Waals surface area (Å²) < 4.78 is 71.2. The van der Waals surface area contributed by atoms with Crippen molar-refractivity contribution in [1.29, 1.82) is 0 Å². The largest absolute Gasteiger partial charge is 0.457 e. The van der Waals surface area contributed by atoms with Gasteiger partial charge in [0.15, 0.2) is 9.84 Å². The van der Waals surface area contributed by atoms with Crippen molar-refractivity contribution in [2.75, 3.05) is 6.26 Å². The van der Waals surface area contributed by atoms with E-state index in [0.717, 1.165) is 12.3 Å². The molecule has 0 aliphatic rings. The number of alkyl halides is 3. The van der Waals surface area contributed by atoms with E-state index in [2.05, 4.69) is 4.98 Å². The van der Waals surface area contributed by atoms with Gasteiger partial charge in [-0.2, -0.15) is 13.2 Å². The molecule has 0 unspecified atom stereocenters. The Morgan fingerprint density at radius 3 is 2.28 bits per heavy atom. The lowest BCUT2D eigenvalue weighted by atomic mass is 10.1. The summed E-state index contributed by atoms with van der Waals surface area (Å²) in [6.45, 7) is 1.83. The van der Waals surface area contributed by atoms with E-state index < -0.39 is 21.6 Å². The molecule has 32 heavy (non-hydrogen) atoms. The standard InChI is InChI=1S/C23H19F3N2O3S/c1-3-21-27-22-19(23(24,25)26)8-5-9-20(22)28(21)15-10-12-16(13-11-15)31-17-6-4-7-18(14-17)32(2,29)30/h4-14H,3H2,1-2H3. The third kappa shape index (κ3) is 4.20. The Hall–Kier alpha value is -3.33. The number of halogens is 3. The van der Waals surface area contributed by atoms with E-state index in [9.17, 15) is 21.6 Å². The highest BCUT2D eigenvalue weighted by Gasteiger charge is 2.34. The van der Waals surface area contributed by atoms with Crippen LogP contribution >= 0.6 is 0 Å². The molecule has 0 aliphatic heterocycles. The molecule has 3 aromatic carbocycles. The van der Waals surface area contributed by atoms with Crippen LogP contribution in [0.3, 0.4) is 0 Å². The highest BCUT2D eigenvalue weighted by molar-refractivity contribution is 7.90. The summed E-state index contributed by atoms with van der Waals surface area (Å²) in [5, 5.41) is 0. The molecular formula is C23H19F3N2O3S. The first-order valence-electron chi connectivity index (χ1n) is 9.74. The maximum absolute atomic E-state index is 13.4. The lowest BCUT2D eigenvalue weighted by Gasteiger charge is -2.11. The van der Waals surface area contributed by atoms with Gasteiger partial charge in [-0.3, -0.25) is 4.57 Å². The van der Waals surface area contributed by atoms with Crippen LogP contribution in [0.2, 0.25) is 0 Å². The molecule has 1 aromatic heterocycles. The highest BCUT2D eigenvalue weighted by atomic mass is 32.2. The third-order valence-corrected chi connectivity index (χ3v) is 6.05. The fourth-order valence-corrected chi connectivity index (χ4v) is 4.13. The molecule has 5 nitrogen and oxygen atoms in total. The van der Waals surface area contributed by atoms with Crippen LogP contribution in [0.25, 0.3) is 16.7 Å². The molecule has 4 rings (SSSR count). The van der Waals surface area contributed by atoms with Crippen LogP contribution in [0.15, 0.2) is 71.6 Å². The Kier molecular flexibility index (Phi) is 5.46. The van der Waals surface area contributed by atoms with Gasteiger partial charge < -0.3 is 4.74 Å². The van der Waals surface area contributed by atoms with Gasteiger partial charge in [-0.15, -0.1) is 0 Å². The summed E-state index contributed by atoms with van der Waals surface area (Å²) in [4.78, 5) is 4.39. The van der Waals surface area contributed by atoms with Gasteiger partial charge >= 0.3 is 6.18 Å². The summed E-state index contributed by atoms with van der Waals surface area (Å²) in [5.41, 5.74) is 0.149. The van der Waals surface area contributed by atoms with Crippen LogP contribution < -0.4 is 4.74 Å². The SMILES string of the molecule is CCc1nc2c(C(F)(F)F)cccc2n1-c1ccc(Oc2cccc(S(C)(=O)=O)c2)cc1. The molecule has 1 heterocycles. The van der Waals surface area contributed by atoms with Crippen LogP contribution in [-0.4, -0.2) is 24.2 Å². The van der Waals surface area contributed by atoms with E-state index in [1.165, 1.54) is 18.2 Å². The van der Waals surface area contributed by atoms with Crippen LogP contribution in [0.4, 0.5) is 13.2 Å². The highest BCUT2D eigenvalue weighted by Crippen LogP contribution is 2.36. The van der Waals surface area contributed by atoms with E-state index in [-0.39, 0.29) is 10.4 Å². The van der Waals surface area contributed by atoms with Crippen molar-refractivity contribution in [2.24, 2.45) is 0 Å². The van der Waals surface area contributed by atoms with Crippen molar-refractivity contribution in [2.45, 2.75) is 24.4 Å². The fourth-order valence-electron chi connectivity index (χ4n) is 3.47. The summed E-state index contributed by atoms with van der Waals surface area (Å²) in [5.74, 6) is 1.32. The molecule has 0 spiro atoms. The number of hydrogen-bond acceptors (Lipinski definition) is 4. The lowest BCUT2D eigenvalue weighted by Crippen LogP contribution is -2.05. The predicted octanol–water partition coefficient (Wildman–Crippen LogP) is 5.80. The number of aromatic nitrogens is 2. The van der Waals surface area contributed by atoms with E-state index in [1.807, 2.05) is 6.92 Å². The maximum Gasteiger partial charge on any atom is 0.418 e. The number of benzene rings is 3. The zero-order valence-electron chi connectivity index (χ0n) is 17.2. The molecule has 0 radical (unpaired) electrons. The minimum atomic E-state index is -4.50. The number of aryl methyl sites for hydroxylation is 1. The first-order chi connectivity index (χ1) is 15.1. The van der Waals surface area contributed by atoms with Crippen molar-refractivity contribution in [3.63, 3.8) is 0 Å². The van der Waals surface area contributed by atoms with Gasteiger partial charge in [0.05, 0.1) is 16.0 Å². The molecule has 166 valence electrons. The molecule has 0 fully saturated rings. The van der Waals surface area contributed by atoms with Crippen LogP contribution in [0.5, 0.6) is 11.5 Å². The predicted molar refractivity (Wildman–Crippen MR) is 115 cm³/mol. The Morgan fingerprint density at radius 1 is 0.969 bits per heavy atom. The minimum Gasteiger partial charge on any atom is -0.457 e. The van der Waals surface area contributed by atoms with E-state index in [4.69, 9.17) is 4.74 Å². The molecule has 0 amide bonds. The summed E-state index contributed by atoms with van der Waals surface area (Å²) in [6, 6.07) is 16.9. The fraction of sp³-hybridized carbons (Fsp3) is 0.174. The number of imidazole rings is 1. The third-order valence-electron chi connectivity index (χ3n) is 4.94. The first kappa shape index (κ1) is 21.9. The first-order valence-corrected chi connectivity index (χ1v) is 11.6. The zero-order valence-corrected chi connectivity index (χ0v) is 18.0. The second kappa shape index (κ2) is 7.98. The van der Waals surface area contributed by atoms with Gasteiger partial charge in [-0.05, 0) is 54.6 Å². The number of fused-ring (bicyclic) bond motifs is 1. The van der Waals surface area contributed by atoms with Gasteiger partial charge in [0.25, 0.3) is 0 Å². The van der Waals surface area contributed by atoms with Crippen molar-refractivity contribution in [1.82, 2.24) is 9.55 Å². The zero-order chi connectivity index (χ0) is 23.1. The van der Waals surface area contributed by atoms with Crippen molar-refractivity contribution in [3.05, 3.63) is 78.1 Å². The number of hydrogen-bond donors (Lipinski definition) is 0. The van der Waals surface area contributed by atoms with Crippen molar-refractivity contribution < 1.29 is 26.3 Å². The van der Waals surface area contributed by atoms with Gasteiger partial charge in [-0.25, -0.2) is 13.4 Å². The molecule has 9 heteroatoms. The number of rotatable bonds is 5. The van der Waals surface area contributed by atoms with Gasteiger partial charge in [0.1, 0.15) is 22.8 Å². The van der Waals surface area contributed by atoms with Crippen LogP contribution in [-0.2, 0) is 22.4 Å². The molecule has 0 N–H and O–H groups in total. The van der Waals surface area contributed by atoms with E-state index >= 15 is 0 Å². The Bertz CT molecular complexity index is 1390. The molecule has 0 saturated heterocycles. The summed E-state index contributed by atoms with van der Waals surface area (Å²) >= 11 is 0. The van der Waals surface area contributed by atoms with Crippen LogP contribution in [0.1, 0.15) is 18.3 Å². The molecule has 0 aliphatic carbocycles. The topological polar surface area (TPSA) is 61.2 Å². The maximum atomic E-state index is 13.4. The van der Waals surface area contributed by atoms with Crippen molar-refractivity contribution >= 4 is 20.9 Å². The van der Waals surface area contributed by atoms with Gasteiger partial charge in [-0.1, -0.05) is 19.1 Å². The number of sulfone groups is 1. The molecule has 0 bridgehead atoms.